The highest BCUT2D eigenvalue weighted by Gasteiger charge is 2.34. The van der Waals surface area contributed by atoms with Crippen LogP contribution in [0.2, 0.25) is 0 Å². The van der Waals surface area contributed by atoms with Crippen LogP contribution in [0.25, 0.3) is 11.1 Å². The highest BCUT2D eigenvalue weighted by molar-refractivity contribution is 5.76. The van der Waals surface area contributed by atoms with Crippen LogP contribution in [-0.4, -0.2) is 48.8 Å². The molecule has 3 aromatic carbocycles. The molecule has 5 nitrogen and oxygen atoms in total. The molecule has 3 aromatic rings. The molecule has 0 fully saturated rings. The number of carboxylic acid groups (broad SMARTS) is 1. The Labute approximate surface area is 214 Å². The Hall–Kier alpha value is -3.22. The number of carbonyl (C=O) groups is 1. The van der Waals surface area contributed by atoms with Crippen molar-refractivity contribution < 1.29 is 24.1 Å². The van der Waals surface area contributed by atoms with E-state index in [1.807, 2.05) is 75.6 Å². The monoisotopic (exact) mass is 495 g/mol. The number of rotatable bonds is 9. The third-order valence-corrected chi connectivity index (χ3v) is 6.51. The van der Waals surface area contributed by atoms with Gasteiger partial charge in [-0.15, -0.1) is 0 Å². The van der Waals surface area contributed by atoms with Crippen LogP contribution in [-0.2, 0) is 10.4 Å². The Bertz CT molecular complexity index is 1120. The van der Waals surface area contributed by atoms with Crippen LogP contribution in [0, 0.1) is 11.7 Å². The molecule has 0 aromatic heterocycles. The fourth-order valence-corrected chi connectivity index (χ4v) is 4.22. The van der Waals surface area contributed by atoms with Gasteiger partial charge in [0, 0.05) is 18.0 Å². The van der Waals surface area contributed by atoms with Gasteiger partial charge in [0.2, 0.25) is 0 Å². The van der Waals surface area contributed by atoms with E-state index in [-0.39, 0.29) is 5.92 Å². The predicted octanol–water partition coefficient (Wildman–Crippen LogP) is 6.17. The van der Waals surface area contributed by atoms with Crippen molar-refractivity contribution >= 4 is 5.97 Å². The van der Waals surface area contributed by atoms with E-state index in [1.165, 1.54) is 6.07 Å². The van der Waals surface area contributed by atoms with Crippen LogP contribution in [0.1, 0.15) is 44.2 Å². The number of ether oxygens (including phenoxy) is 1. The molecule has 36 heavy (non-hydrogen) atoms. The number of aliphatic hydroxyl groups is 1. The molecule has 1 unspecified atom stereocenters. The van der Waals surface area contributed by atoms with Gasteiger partial charge >= 0.3 is 5.97 Å². The fraction of sp³-hybridized carbons (Fsp3) is 0.367. The number of methoxy groups -OCH3 is 1. The third-order valence-electron chi connectivity index (χ3n) is 6.51. The van der Waals surface area contributed by atoms with Crippen LogP contribution >= 0.6 is 0 Å². The Morgan fingerprint density at radius 2 is 1.69 bits per heavy atom. The molecular formula is C30H38FNO4. The molecule has 0 aliphatic carbocycles. The van der Waals surface area contributed by atoms with Crippen molar-refractivity contribution in [3.8, 4) is 16.9 Å². The Balaban J connectivity index is 0.000000254. The van der Waals surface area contributed by atoms with Gasteiger partial charge in [-0.2, -0.15) is 0 Å². The highest BCUT2D eigenvalue weighted by atomic mass is 19.1. The summed E-state index contributed by atoms with van der Waals surface area (Å²) in [5.41, 5.74) is 1.86. The lowest BCUT2D eigenvalue weighted by molar-refractivity contribution is -0.138. The second kappa shape index (κ2) is 13.2. The van der Waals surface area contributed by atoms with Gasteiger partial charge < -0.3 is 19.8 Å². The first-order chi connectivity index (χ1) is 17.0. The van der Waals surface area contributed by atoms with E-state index in [9.17, 15) is 14.3 Å². The van der Waals surface area contributed by atoms with Crippen molar-refractivity contribution in [3.63, 3.8) is 0 Å². The molecular weight excluding hydrogens is 457 g/mol. The molecule has 0 radical (unpaired) electrons. The Morgan fingerprint density at radius 3 is 2.22 bits per heavy atom. The van der Waals surface area contributed by atoms with E-state index < -0.39 is 23.3 Å². The first kappa shape index (κ1) is 29.0. The molecule has 0 spiro atoms. The van der Waals surface area contributed by atoms with Crippen molar-refractivity contribution in [1.29, 1.82) is 0 Å². The zero-order valence-corrected chi connectivity index (χ0v) is 22.0. The summed E-state index contributed by atoms with van der Waals surface area (Å²) in [5.74, 6) is -1.11. The number of aliphatic carboxylic acids is 1. The molecule has 0 saturated carbocycles. The second-order valence-electron chi connectivity index (χ2n) is 9.34. The van der Waals surface area contributed by atoms with Gasteiger partial charge in [0.15, 0.2) is 0 Å². The normalized spacial score (nSPS) is 14.2. The molecule has 2 N–H and O–H groups in total. The van der Waals surface area contributed by atoms with Gasteiger partial charge in [0.25, 0.3) is 0 Å². The summed E-state index contributed by atoms with van der Waals surface area (Å²) >= 11 is 0. The summed E-state index contributed by atoms with van der Waals surface area (Å²) < 4.78 is 19.2. The molecule has 0 aliphatic heterocycles. The molecule has 3 atom stereocenters. The number of halogens is 1. The number of hydrogen-bond acceptors (Lipinski definition) is 4. The number of benzene rings is 3. The van der Waals surface area contributed by atoms with Crippen molar-refractivity contribution in [2.45, 2.75) is 38.7 Å². The van der Waals surface area contributed by atoms with Crippen molar-refractivity contribution in [1.82, 2.24) is 4.90 Å². The molecule has 194 valence electrons. The maximum absolute atomic E-state index is 14.0. The Morgan fingerprint density at radius 1 is 1.03 bits per heavy atom. The smallest absolute Gasteiger partial charge is 0.310 e. The standard InChI is InChI=1S/C15H13FO2.C15H25NO2/c1-10(15(17)18)12-7-8-13(14(16)9-12)11-5-3-2-4-6-11;1-6-15(17,12(2)11-16(3)4)13-8-7-9-14(10-13)18-5/h2-10H,1H3,(H,17,18);7-10,12,17H,6,11H2,1-5H3/t;12-,15-/m.1/s1. The zero-order valence-electron chi connectivity index (χ0n) is 22.0. The van der Waals surface area contributed by atoms with Crippen LogP contribution in [0.4, 0.5) is 4.39 Å². The molecule has 0 aliphatic rings. The van der Waals surface area contributed by atoms with E-state index in [0.29, 0.717) is 17.5 Å². The van der Waals surface area contributed by atoms with Crippen molar-refractivity contribution in [2.75, 3.05) is 27.7 Å². The van der Waals surface area contributed by atoms with E-state index >= 15 is 0 Å². The molecule has 6 heteroatoms. The van der Waals surface area contributed by atoms with E-state index in [0.717, 1.165) is 23.4 Å². The number of carboxylic acids is 1. The average Bonchev–Trinajstić information content (AvgIpc) is 2.88. The summed E-state index contributed by atoms with van der Waals surface area (Å²) in [5, 5.41) is 19.8. The van der Waals surface area contributed by atoms with Gasteiger partial charge in [-0.3, -0.25) is 4.79 Å². The lowest BCUT2D eigenvalue weighted by atomic mass is 9.80. The fourth-order valence-electron chi connectivity index (χ4n) is 4.22. The number of nitrogens with zero attached hydrogens (tertiary/aromatic N) is 1. The summed E-state index contributed by atoms with van der Waals surface area (Å²) in [4.78, 5) is 12.9. The van der Waals surface area contributed by atoms with Gasteiger partial charge in [-0.1, -0.05) is 68.4 Å². The lowest BCUT2D eigenvalue weighted by Gasteiger charge is -2.35. The average molecular weight is 496 g/mol. The van der Waals surface area contributed by atoms with Gasteiger partial charge in [0.05, 0.1) is 18.6 Å². The van der Waals surface area contributed by atoms with Crippen LogP contribution < -0.4 is 4.74 Å². The van der Waals surface area contributed by atoms with Gasteiger partial charge in [-0.05, 0) is 62.3 Å². The SMILES string of the molecule is CC(C(=O)O)c1ccc(-c2ccccc2)c(F)c1.CC[C@](O)(c1cccc(OC)c1)[C@H](C)CN(C)C. The van der Waals surface area contributed by atoms with Gasteiger partial charge in [0.1, 0.15) is 11.6 Å². The summed E-state index contributed by atoms with van der Waals surface area (Å²) in [6.45, 7) is 6.50. The maximum atomic E-state index is 14.0. The minimum Gasteiger partial charge on any atom is -0.497 e. The van der Waals surface area contributed by atoms with E-state index in [1.54, 1.807) is 26.2 Å². The Kier molecular flexibility index (Phi) is 10.6. The first-order valence-electron chi connectivity index (χ1n) is 12.1. The molecule has 0 bridgehead atoms. The van der Waals surface area contributed by atoms with E-state index in [4.69, 9.17) is 9.84 Å². The van der Waals surface area contributed by atoms with Crippen LogP contribution in [0.15, 0.2) is 72.8 Å². The topological polar surface area (TPSA) is 70.0 Å². The van der Waals surface area contributed by atoms with Crippen LogP contribution in [0.5, 0.6) is 5.75 Å². The van der Waals surface area contributed by atoms with E-state index in [2.05, 4.69) is 11.8 Å². The molecule has 0 amide bonds. The molecule has 0 heterocycles. The summed E-state index contributed by atoms with van der Waals surface area (Å²) in [6.07, 6.45) is 0.690. The van der Waals surface area contributed by atoms with Crippen molar-refractivity contribution in [2.24, 2.45) is 5.92 Å². The minimum absolute atomic E-state index is 0.157. The summed E-state index contributed by atoms with van der Waals surface area (Å²) in [6, 6.07) is 21.5. The van der Waals surface area contributed by atoms with Crippen molar-refractivity contribution in [3.05, 3.63) is 89.7 Å². The highest BCUT2D eigenvalue weighted by Crippen LogP contribution is 2.35. The van der Waals surface area contributed by atoms with Crippen LogP contribution in [0.3, 0.4) is 0 Å². The predicted molar refractivity (Wildman–Crippen MR) is 143 cm³/mol. The maximum Gasteiger partial charge on any atom is 0.310 e. The molecule has 3 rings (SSSR count). The van der Waals surface area contributed by atoms with Gasteiger partial charge in [-0.25, -0.2) is 4.39 Å². The zero-order chi connectivity index (χ0) is 26.9. The quantitative estimate of drug-likeness (QED) is 0.371. The lowest BCUT2D eigenvalue weighted by Crippen LogP contribution is -2.38. The minimum atomic E-state index is -0.957. The second-order valence-corrected chi connectivity index (χ2v) is 9.34. The first-order valence-corrected chi connectivity index (χ1v) is 12.1. The molecule has 0 saturated heterocycles. The number of hydrogen-bond donors (Lipinski definition) is 2. The summed E-state index contributed by atoms with van der Waals surface area (Å²) in [7, 11) is 5.70. The largest absolute Gasteiger partial charge is 0.497 e. The third kappa shape index (κ3) is 7.39.